The number of hydrogen-bond donors (Lipinski definition) is 2. The zero-order valence-electron chi connectivity index (χ0n) is 20.6. The van der Waals surface area contributed by atoms with Crippen LogP contribution in [0, 0.1) is 3.57 Å². The van der Waals surface area contributed by atoms with Crippen molar-refractivity contribution in [2.75, 3.05) is 6.79 Å². The standard InChI is InChI=1S/C30H19ClIN3O5/c31-21-9-3-2-7-19(21)26-20-8-5-10-22(32)27(20)34-28(26)29(36)35-33-15-18-6-1-4-11-23(18)40-30(37)17-12-13-24-25(14-17)39-16-38-24/h1-15,34H,16H2,(H,35,36). The number of nitrogens with one attached hydrogen (secondary N) is 2. The second-order valence-electron chi connectivity index (χ2n) is 8.71. The van der Waals surface area contributed by atoms with Gasteiger partial charge in [-0.25, -0.2) is 10.2 Å². The summed E-state index contributed by atoms with van der Waals surface area (Å²) in [5.41, 5.74) is 5.95. The molecule has 0 unspecified atom stereocenters. The Balaban J connectivity index is 1.25. The van der Waals surface area contributed by atoms with Gasteiger partial charge in [-0.2, -0.15) is 5.10 Å². The second kappa shape index (κ2) is 11.0. The summed E-state index contributed by atoms with van der Waals surface area (Å²) in [4.78, 5) is 29.4. The molecule has 0 fully saturated rings. The molecule has 0 bridgehead atoms. The highest BCUT2D eigenvalue weighted by molar-refractivity contribution is 14.1. The lowest BCUT2D eigenvalue weighted by atomic mass is 10.0. The van der Waals surface area contributed by atoms with E-state index in [1.165, 1.54) is 6.21 Å². The molecule has 2 heterocycles. The number of hydrazone groups is 1. The maximum absolute atomic E-state index is 13.4. The molecule has 6 rings (SSSR count). The van der Waals surface area contributed by atoms with Crippen LogP contribution in [0.4, 0.5) is 0 Å². The zero-order valence-corrected chi connectivity index (χ0v) is 23.5. The van der Waals surface area contributed by atoms with Crippen molar-refractivity contribution in [2.24, 2.45) is 5.10 Å². The number of ether oxygens (including phenoxy) is 3. The van der Waals surface area contributed by atoms with Gasteiger partial charge in [0.05, 0.1) is 17.3 Å². The van der Waals surface area contributed by atoms with Crippen molar-refractivity contribution >= 4 is 63.2 Å². The minimum absolute atomic E-state index is 0.108. The predicted octanol–water partition coefficient (Wildman–Crippen LogP) is 6.80. The van der Waals surface area contributed by atoms with Gasteiger partial charge in [0, 0.05) is 30.7 Å². The van der Waals surface area contributed by atoms with Crippen LogP contribution in [0.3, 0.4) is 0 Å². The number of halogens is 2. The van der Waals surface area contributed by atoms with Gasteiger partial charge >= 0.3 is 5.97 Å². The van der Waals surface area contributed by atoms with E-state index in [9.17, 15) is 9.59 Å². The average Bonchev–Trinajstić information content (AvgIpc) is 3.59. The monoisotopic (exact) mass is 663 g/mol. The molecule has 1 aromatic heterocycles. The number of fused-ring (bicyclic) bond motifs is 2. The number of nitrogens with zero attached hydrogens (tertiary/aromatic N) is 1. The Bertz CT molecular complexity index is 1820. The van der Waals surface area contributed by atoms with Gasteiger partial charge in [-0.05, 0) is 65.1 Å². The molecule has 1 aliphatic heterocycles. The maximum atomic E-state index is 13.4. The highest BCUT2D eigenvalue weighted by atomic mass is 127. The Morgan fingerprint density at radius 2 is 1.77 bits per heavy atom. The molecule has 5 aromatic rings. The van der Waals surface area contributed by atoms with Crippen LogP contribution in [0.25, 0.3) is 22.0 Å². The number of benzene rings is 4. The first kappa shape index (κ1) is 25.9. The van der Waals surface area contributed by atoms with Gasteiger partial charge in [0.15, 0.2) is 11.5 Å². The maximum Gasteiger partial charge on any atom is 0.343 e. The summed E-state index contributed by atoms with van der Waals surface area (Å²) in [5.74, 6) is 0.311. The smallest absolute Gasteiger partial charge is 0.343 e. The van der Waals surface area contributed by atoms with Crippen LogP contribution in [-0.2, 0) is 0 Å². The number of rotatable bonds is 6. The van der Waals surface area contributed by atoms with Crippen molar-refractivity contribution in [3.63, 3.8) is 0 Å². The Hall–Kier alpha value is -4.35. The van der Waals surface area contributed by atoms with Gasteiger partial charge in [-0.15, -0.1) is 0 Å². The molecule has 8 nitrogen and oxygen atoms in total. The molecule has 198 valence electrons. The number of aromatic amines is 1. The third-order valence-corrected chi connectivity index (χ3v) is 7.48. The lowest BCUT2D eigenvalue weighted by Crippen LogP contribution is -2.19. The third-order valence-electron chi connectivity index (χ3n) is 6.25. The van der Waals surface area contributed by atoms with E-state index in [1.807, 2.05) is 36.4 Å². The molecule has 40 heavy (non-hydrogen) atoms. The largest absolute Gasteiger partial charge is 0.454 e. The number of aromatic nitrogens is 1. The molecule has 1 aliphatic rings. The summed E-state index contributed by atoms with van der Waals surface area (Å²) in [7, 11) is 0. The van der Waals surface area contributed by atoms with Gasteiger partial charge in [-0.1, -0.05) is 54.1 Å². The molecule has 0 atom stereocenters. The molecule has 0 spiro atoms. The van der Waals surface area contributed by atoms with Crippen LogP contribution in [0.5, 0.6) is 17.2 Å². The SMILES string of the molecule is O=C(Oc1ccccc1C=NNC(=O)c1[nH]c2c(I)cccc2c1-c1ccccc1Cl)c1ccc2c(c1)OCO2. The topological polar surface area (TPSA) is 102 Å². The van der Waals surface area contributed by atoms with E-state index in [-0.39, 0.29) is 12.5 Å². The fourth-order valence-electron chi connectivity index (χ4n) is 4.37. The number of carbonyl (C=O) groups is 2. The van der Waals surface area contributed by atoms with Crippen LogP contribution < -0.4 is 19.6 Å². The van der Waals surface area contributed by atoms with Crippen molar-refractivity contribution in [1.82, 2.24) is 10.4 Å². The van der Waals surface area contributed by atoms with Crippen molar-refractivity contribution < 1.29 is 23.8 Å². The van der Waals surface area contributed by atoms with E-state index in [0.29, 0.717) is 38.9 Å². The summed E-state index contributed by atoms with van der Waals surface area (Å²) < 4.78 is 17.2. The van der Waals surface area contributed by atoms with Gasteiger partial charge in [0.25, 0.3) is 5.91 Å². The summed E-state index contributed by atoms with van der Waals surface area (Å²) in [6.07, 6.45) is 1.42. The highest BCUT2D eigenvalue weighted by Gasteiger charge is 2.22. The molecule has 0 saturated carbocycles. The van der Waals surface area contributed by atoms with E-state index in [4.69, 9.17) is 25.8 Å². The summed E-state index contributed by atoms with van der Waals surface area (Å²) >= 11 is 8.74. The van der Waals surface area contributed by atoms with E-state index >= 15 is 0 Å². The van der Waals surface area contributed by atoms with Crippen LogP contribution in [0.15, 0.2) is 90.0 Å². The Labute approximate surface area is 247 Å². The van der Waals surface area contributed by atoms with Crippen molar-refractivity contribution in [2.45, 2.75) is 0 Å². The number of para-hydroxylation sites is 2. The van der Waals surface area contributed by atoms with E-state index in [0.717, 1.165) is 20.0 Å². The fraction of sp³-hybridized carbons (Fsp3) is 0.0333. The minimum Gasteiger partial charge on any atom is -0.454 e. The summed E-state index contributed by atoms with van der Waals surface area (Å²) in [5, 5.41) is 5.54. The first-order valence-electron chi connectivity index (χ1n) is 12.1. The van der Waals surface area contributed by atoms with Crippen molar-refractivity contribution in [3.05, 3.63) is 110 Å². The third kappa shape index (κ3) is 5.01. The average molecular weight is 664 g/mol. The molecule has 1 amide bonds. The van der Waals surface area contributed by atoms with E-state index in [1.54, 1.807) is 48.5 Å². The molecule has 10 heteroatoms. The first-order chi connectivity index (χ1) is 19.5. The van der Waals surface area contributed by atoms with Gasteiger partial charge in [0.1, 0.15) is 11.4 Å². The summed E-state index contributed by atoms with van der Waals surface area (Å²) in [6, 6.07) is 24.9. The molecule has 4 aromatic carbocycles. The van der Waals surface area contributed by atoms with Crippen molar-refractivity contribution in [1.29, 1.82) is 0 Å². The van der Waals surface area contributed by atoms with E-state index in [2.05, 4.69) is 38.1 Å². The summed E-state index contributed by atoms with van der Waals surface area (Å²) in [6.45, 7) is 0.108. The quantitative estimate of drug-likeness (QED) is 0.0684. The molecular weight excluding hydrogens is 645 g/mol. The van der Waals surface area contributed by atoms with Crippen molar-refractivity contribution in [3.8, 4) is 28.4 Å². The van der Waals surface area contributed by atoms with Gasteiger partial charge < -0.3 is 19.2 Å². The van der Waals surface area contributed by atoms with Crippen LogP contribution in [-0.4, -0.2) is 29.9 Å². The Kier molecular flexibility index (Phi) is 7.14. The van der Waals surface area contributed by atoms with E-state index < -0.39 is 11.9 Å². The molecule has 0 aliphatic carbocycles. The predicted molar refractivity (Wildman–Crippen MR) is 160 cm³/mol. The first-order valence-corrected chi connectivity index (χ1v) is 13.5. The lowest BCUT2D eigenvalue weighted by Gasteiger charge is -2.08. The number of amides is 1. The van der Waals surface area contributed by atoms with Crippen LogP contribution >= 0.6 is 34.2 Å². The number of carbonyl (C=O) groups excluding carboxylic acids is 2. The lowest BCUT2D eigenvalue weighted by molar-refractivity contribution is 0.0733. The second-order valence-corrected chi connectivity index (χ2v) is 10.3. The van der Waals surface area contributed by atoms with Gasteiger partial charge in [-0.3, -0.25) is 4.79 Å². The molecular formula is C30H19ClIN3O5. The Morgan fingerprint density at radius 1 is 0.975 bits per heavy atom. The number of hydrogen-bond acceptors (Lipinski definition) is 6. The Morgan fingerprint density at radius 3 is 2.65 bits per heavy atom. The normalized spacial score (nSPS) is 12.2. The number of esters is 1. The minimum atomic E-state index is -0.569. The molecule has 2 N–H and O–H groups in total. The number of H-pyrrole nitrogens is 1. The highest BCUT2D eigenvalue weighted by Crippen LogP contribution is 2.38. The fourth-order valence-corrected chi connectivity index (χ4v) is 5.24. The van der Waals surface area contributed by atoms with Crippen LogP contribution in [0.2, 0.25) is 5.02 Å². The molecule has 0 saturated heterocycles. The van der Waals surface area contributed by atoms with Crippen LogP contribution in [0.1, 0.15) is 26.4 Å². The van der Waals surface area contributed by atoms with Gasteiger partial charge in [0.2, 0.25) is 6.79 Å². The zero-order chi connectivity index (χ0) is 27.6. The molecule has 0 radical (unpaired) electrons.